The van der Waals surface area contributed by atoms with Gasteiger partial charge in [-0.05, 0) is 27.2 Å². The molecule has 0 bridgehead atoms. The van der Waals surface area contributed by atoms with E-state index in [1.54, 1.807) is 0 Å². The van der Waals surface area contributed by atoms with Crippen molar-refractivity contribution in [1.29, 1.82) is 0 Å². The molecule has 0 aromatic heterocycles. The molecule has 0 unspecified atom stereocenters. The summed E-state index contributed by atoms with van der Waals surface area (Å²) in [6.07, 6.45) is 8.30. The standard InChI is InChI=1S/C41H81NO16/c1-5-6-7-8-9-10-11-12-39(43)57-38-37-56-36-35-55-34-33-54-32-31-53-30-29-52-28-27-51-26-25-50-24-23-49-22-21-48-20-19-47-18-17-46-16-15-45-14-13-42-40(44)58-41(2,3)4/h5-38H2,1-4H3,(H,42,44). The minimum atomic E-state index is -0.516. The van der Waals surface area contributed by atoms with Crippen molar-refractivity contribution in [2.45, 2.75) is 84.7 Å². The molecule has 0 fully saturated rings. The molecule has 0 aliphatic heterocycles. The largest absolute Gasteiger partial charge is 0.463 e. The van der Waals surface area contributed by atoms with Crippen LogP contribution in [0, 0.1) is 0 Å². The highest BCUT2D eigenvalue weighted by molar-refractivity contribution is 5.69. The summed E-state index contributed by atoms with van der Waals surface area (Å²) in [5, 5.41) is 2.63. The zero-order chi connectivity index (χ0) is 42.3. The van der Waals surface area contributed by atoms with Crippen LogP contribution in [-0.2, 0) is 71.1 Å². The van der Waals surface area contributed by atoms with Gasteiger partial charge in [0.1, 0.15) is 12.2 Å². The van der Waals surface area contributed by atoms with Crippen molar-refractivity contribution in [1.82, 2.24) is 5.32 Å². The summed E-state index contributed by atoms with van der Waals surface area (Å²) in [5.74, 6) is -0.145. The second-order valence-corrected chi connectivity index (χ2v) is 13.9. The van der Waals surface area contributed by atoms with Crippen LogP contribution in [0.15, 0.2) is 0 Å². The van der Waals surface area contributed by atoms with E-state index in [1.165, 1.54) is 32.1 Å². The van der Waals surface area contributed by atoms with Crippen LogP contribution in [0.4, 0.5) is 4.79 Å². The van der Waals surface area contributed by atoms with E-state index in [9.17, 15) is 9.59 Å². The molecule has 0 saturated heterocycles. The van der Waals surface area contributed by atoms with Crippen LogP contribution in [-0.4, -0.2) is 189 Å². The number of rotatable bonds is 47. The van der Waals surface area contributed by atoms with Crippen LogP contribution in [0.3, 0.4) is 0 Å². The maximum atomic E-state index is 11.7. The quantitative estimate of drug-likeness (QED) is 0.0674. The Kier molecular flexibility index (Phi) is 44.9. The maximum Gasteiger partial charge on any atom is 0.407 e. The number of hydrogen-bond donors (Lipinski definition) is 1. The van der Waals surface area contributed by atoms with Gasteiger partial charge in [-0.3, -0.25) is 4.79 Å². The zero-order valence-corrected chi connectivity index (χ0v) is 36.6. The van der Waals surface area contributed by atoms with E-state index in [4.69, 9.17) is 66.3 Å². The van der Waals surface area contributed by atoms with Gasteiger partial charge in [0.15, 0.2) is 0 Å². The molecule has 0 aromatic rings. The fourth-order valence-corrected chi connectivity index (χ4v) is 4.57. The van der Waals surface area contributed by atoms with Gasteiger partial charge in [-0.2, -0.15) is 0 Å². The first kappa shape index (κ1) is 56.3. The highest BCUT2D eigenvalue weighted by atomic mass is 16.6. The monoisotopic (exact) mass is 844 g/mol. The average molecular weight is 844 g/mol. The normalized spacial score (nSPS) is 11.7. The molecule has 17 nitrogen and oxygen atoms in total. The minimum Gasteiger partial charge on any atom is -0.463 e. The Balaban J connectivity index is 3.13. The summed E-state index contributed by atoms with van der Waals surface area (Å²) >= 11 is 0. The van der Waals surface area contributed by atoms with E-state index in [0.29, 0.717) is 172 Å². The Bertz CT molecular complexity index is 851. The lowest BCUT2D eigenvalue weighted by Gasteiger charge is -2.19. The highest BCUT2D eigenvalue weighted by Crippen LogP contribution is 2.09. The Hall–Kier alpha value is -1.74. The van der Waals surface area contributed by atoms with Crippen molar-refractivity contribution in [3.05, 3.63) is 0 Å². The van der Waals surface area contributed by atoms with E-state index in [0.717, 1.165) is 12.8 Å². The predicted molar refractivity (Wildman–Crippen MR) is 218 cm³/mol. The minimum absolute atomic E-state index is 0.145. The number of unbranched alkanes of at least 4 members (excludes halogenated alkanes) is 6. The smallest absolute Gasteiger partial charge is 0.407 e. The van der Waals surface area contributed by atoms with Crippen molar-refractivity contribution >= 4 is 12.1 Å². The summed E-state index contributed by atoms with van der Waals surface area (Å²) in [7, 11) is 0. The molecule has 58 heavy (non-hydrogen) atoms. The van der Waals surface area contributed by atoms with Crippen molar-refractivity contribution in [2.24, 2.45) is 0 Å². The maximum absolute atomic E-state index is 11.7. The van der Waals surface area contributed by atoms with E-state index in [1.807, 2.05) is 20.8 Å². The summed E-state index contributed by atoms with van der Waals surface area (Å²) in [4.78, 5) is 23.2. The summed E-state index contributed by atoms with van der Waals surface area (Å²) in [6.45, 7) is 19.6. The molecule has 1 amide bonds. The number of hydrogen-bond acceptors (Lipinski definition) is 16. The molecule has 0 spiro atoms. The van der Waals surface area contributed by atoms with Gasteiger partial charge in [-0.15, -0.1) is 0 Å². The Labute approximate surface area is 349 Å². The number of alkyl carbamates (subject to hydrolysis) is 1. The summed E-state index contributed by atoms with van der Waals surface area (Å²) in [6, 6.07) is 0. The van der Waals surface area contributed by atoms with Gasteiger partial charge in [-0.25, -0.2) is 4.79 Å². The summed E-state index contributed by atoms with van der Waals surface area (Å²) in [5.41, 5.74) is -0.516. The number of esters is 1. The van der Waals surface area contributed by atoms with Crippen LogP contribution in [0.5, 0.6) is 0 Å². The molecular formula is C41H81NO16. The van der Waals surface area contributed by atoms with Crippen LogP contribution >= 0.6 is 0 Å². The van der Waals surface area contributed by atoms with Gasteiger partial charge in [0.2, 0.25) is 0 Å². The Morgan fingerprint density at radius 1 is 0.379 bits per heavy atom. The van der Waals surface area contributed by atoms with Crippen LogP contribution in [0.25, 0.3) is 0 Å². The Morgan fingerprint density at radius 3 is 0.966 bits per heavy atom. The molecular weight excluding hydrogens is 762 g/mol. The molecule has 0 aromatic carbocycles. The van der Waals surface area contributed by atoms with Crippen molar-refractivity contribution < 1.29 is 75.9 Å². The third-order valence-electron chi connectivity index (χ3n) is 7.48. The second kappa shape index (κ2) is 46.3. The van der Waals surface area contributed by atoms with Crippen molar-refractivity contribution in [3.63, 3.8) is 0 Å². The lowest BCUT2D eigenvalue weighted by molar-refractivity contribution is -0.145. The molecule has 346 valence electrons. The third-order valence-corrected chi connectivity index (χ3v) is 7.48. The summed E-state index contributed by atoms with van der Waals surface area (Å²) < 4.78 is 76.0. The van der Waals surface area contributed by atoms with E-state index >= 15 is 0 Å². The van der Waals surface area contributed by atoms with Crippen molar-refractivity contribution in [2.75, 3.05) is 172 Å². The Morgan fingerprint density at radius 2 is 0.655 bits per heavy atom. The van der Waals surface area contributed by atoms with E-state index in [-0.39, 0.29) is 12.6 Å². The number of carbonyl (C=O) groups is 2. The first-order valence-electron chi connectivity index (χ1n) is 21.4. The average Bonchev–Trinajstić information content (AvgIpc) is 3.19. The third kappa shape index (κ3) is 50.4. The van der Waals surface area contributed by atoms with Gasteiger partial charge in [0.05, 0.1) is 159 Å². The first-order valence-corrected chi connectivity index (χ1v) is 21.4. The molecule has 17 heteroatoms. The van der Waals surface area contributed by atoms with Gasteiger partial charge in [0.25, 0.3) is 0 Å². The van der Waals surface area contributed by atoms with Crippen LogP contribution < -0.4 is 5.32 Å². The van der Waals surface area contributed by atoms with E-state index in [2.05, 4.69) is 12.2 Å². The molecule has 0 aliphatic rings. The van der Waals surface area contributed by atoms with Crippen molar-refractivity contribution in [3.8, 4) is 0 Å². The molecule has 0 radical (unpaired) electrons. The van der Waals surface area contributed by atoms with Crippen LogP contribution in [0.2, 0.25) is 0 Å². The number of nitrogens with one attached hydrogen (secondary N) is 1. The zero-order valence-electron chi connectivity index (χ0n) is 36.6. The number of ether oxygens (including phenoxy) is 14. The fraction of sp³-hybridized carbons (Fsp3) is 0.951. The van der Waals surface area contributed by atoms with Gasteiger partial charge < -0.3 is 71.6 Å². The molecule has 0 atom stereocenters. The van der Waals surface area contributed by atoms with Gasteiger partial charge in [-0.1, -0.05) is 45.4 Å². The van der Waals surface area contributed by atoms with Gasteiger partial charge >= 0.3 is 12.1 Å². The first-order chi connectivity index (χ1) is 28.3. The van der Waals surface area contributed by atoms with E-state index < -0.39 is 11.7 Å². The molecule has 0 saturated carbocycles. The lowest BCUT2D eigenvalue weighted by Crippen LogP contribution is -2.34. The van der Waals surface area contributed by atoms with Gasteiger partial charge in [0, 0.05) is 13.0 Å². The lowest BCUT2D eigenvalue weighted by atomic mass is 10.1. The predicted octanol–water partition coefficient (Wildman–Crippen LogP) is 4.39. The molecule has 0 rings (SSSR count). The molecule has 0 aliphatic carbocycles. The number of carbonyl (C=O) groups excluding carboxylic acids is 2. The van der Waals surface area contributed by atoms with Crippen LogP contribution in [0.1, 0.15) is 79.1 Å². The molecule has 1 N–H and O–H groups in total. The molecule has 0 heterocycles. The number of amides is 1. The second-order valence-electron chi connectivity index (χ2n) is 13.9. The topological polar surface area (TPSA) is 175 Å². The SMILES string of the molecule is CCCCCCCCCC(=O)OCCOCCOCCOCCOCCOCCOCCOCCOCCOCCOCCOCCOCCNC(=O)OC(C)(C)C. The fourth-order valence-electron chi connectivity index (χ4n) is 4.57. The highest BCUT2D eigenvalue weighted by Gasteiger charge is 2.15.